The molecule has 0 aromatic carbocycles. The Labute approximate surface area is 148 Å². The Bertz CT molecular complexity index is 752. The van der Waals surface area contributed by atoms with Crippen LogP contribution in [0.3, 0.4) is 0 Å². The molecule has 2 fully saturated rings. The van der Waals surface area contributed by atoms with Crippen LogP contribution in [0.1, 0.15) is 24.7 Å². The van der Waals surface area contributed by atoms with Crippen molar-refractivity contribution in [1.29, 1.82) is 0 Å². The summed E-state index contributed by atoms with van der Waals surface area (Å²) in [7, 11) is 0. The average Bonchev–Trinajstić information content (AvgIpc) is 3.21. The van der Waals surface area contributed by atoms with Gasteiger partial charge in [0.05, 0.1) is 30.2 Å². The third kappa shape index (κ3) is 2.91. The lowest BCUT2D eigenvalue weighted by atomic mass is 9.93. The molecule has 0 radical (unpaired) electrons. The molecule has 0 saturated carbocycles. The molecular weight excluding hydrogens is 316 g/mol. The third-order valence-corrected chi connectivity index (χ3v) is 5.42. The number of rotatable bonds is 3. The average molecular weight is 342 g/mol. The van der Waals surface area contributed by atoms with Crippen LogP contribution >= 0.6 is 0 Å². The predicted octanol–water partition coefficient (Wildman–Crippen LogP) is 1.58. The lowest BCUT2D eigenvalue weighted by Gasteiger charge is -2.48. The molecule has 2 aliphatic rings. The molecule has 1 unspecified atom stereocenters. The van der Waals surface area contributed by atoms with Crippen molar-refractivity contribution in [3.8, 4) is 5.82 Å². The van der Waals surface area contributed by atoms with Gasteiger partial charge in [0.25, 0.3) is 0 Å². The number of anilines is 1. The Kier molecular flexibility index (Phi) is 4.21. The summed E-state index contributed by atoms with van der Waals surface area (Å²) < 4.78 is 7.61. The highest BCUT2D eigenvalue weighted by Crippen LogP contribution is 2.31. The molecule has 0 amide bonds. The first-order valence-electron chi connectivity index (χ1n) is 9.05. The van der Waals surface area contributed by atoms with Gasteiger partial charge in [-0.05, 0) is 32.9 Å². The van der Waals surface area contributed by atoms with Gasteiger partial charge in [-0.25, -0.2) is 9.67 Å². The quantitative estimate of drug-likeness (QED) is 0.844. The second kappa shape index (κ2) is 6.38. The second-order valence-corrected chi connectivity index (χ2v) is 7.10. The van der Waals surface area contributed by atoms with E-state index in [0.717, 1.165) is 68.8 Å². The number of piperazine rings is 1. The molecule has 4 heterocycles. The molecule has 1 spiro atoms. The van der Waals surface area contributed by atoms with E-state index in [1.807, 2.05) is 24.7 Å². The van der Waals surface area contributed by atoms with E-state index in [9.17, 15) is 0 Å². The van der Waals surface area contributed by atoms with Gasteiger partial charge < -0.3 is 9.64 Å². The molecule has 7 nitrogen and oxygen atoms in total. The molecule has 0 bridgehead atoms. The maximum Gasteiger partial charge on any atom is 0.174 e. The highest BCUT2D eigenvalue weighted by Gasteiger charge is 2.44. The van der Waals surface area contributed by atoms with E-state index in [1.165, 1.54) is 0 Å². The van der Waals surface area contributed by atoms with Crippen molar-refractivity contribution in [2.75, 3.05) is 44.3 Å². The first kappa shape index (κ1) is 16.5. The van der Waals surface area contributed by atoms with E-state index >= 15 is 0 Å². The van der Waals surface area contributed by atoms with Crippen LogP contribution in [0.5, 0.6) is 0 Å². The van der Waals surface area contributed by atoms with Gasteiger partial charge in [0.15, 0.2) is 5.82 Å². The number of aryl methyl sites for hydroxylation is 2. The monoisotopic (exact) mass is 342 g/mol. The minimum absolute atomic E-state index is 0.114. The number of nitrogens with zero attached hydrogens (tertiary/aromatic N) is 6. The van der Waals surface area contributed by atoms with Gasteiger partial charge in [-0.15, -0.1) is 0 Å². The normalized spacial score (nSPS) is 24.4. The van der Waals surface area contributed by atoms with E-state index in [0.29, 0.717) is 0 Å². The summed E-state index contributed by atoms with van der Waals surface area (Å²) in [5.41, 5.74) is 2.17. The van der Waals surface area contributed by atoms with Crippen molar-refractivity contribution < 1.29 is 4.74 Å². The van der Waals surface area contributed by atoms with Crippen LogP contribution < -0.4 is 4.90 Å². The maximum absolute atomic E-state index is 5.75. The standard InChI is InChI=1S/C18H26N6O/c1-4-23-7-6-22(12-18(23)5-8-25-13-18)16-10-19-11-17(20-16)24-15(3)9-14(2)21-24/h9-11H,4-8,12-13H2,1-3H3. The summed E-state index contributed by atoms with van der Waals surface area (Å²) in [5.74, 6) is 1.70. The zero-order chi connectivity index (χ0) is 17.4. The number of hydrogen-bond donors (Lipinski definition) is 0. The van der Waals surface area contributed by atoms with Crippen LogP contribution in [0.4, 0.5) is 5.82 Å². The van der Waals surface area contributed by atoms with Gasteiger partial charge in [0.1, 0.15) is 5.82 Å². The minimum Gasteiger partial charge on any atom is -0.379 e. The lowest BCUT2D eigenvalue weighted by molar-refractivity contribution is 0.0598. The number of aromatic nitrogens is 4. The molecule has 2 aromatic rings. The Hall–Kier alpha value is -1.99. The molecule has 134 valence electrons. The Morgan fingerprint density at radius 2 is 2.04 bits per heavy atom. The van der Waals surface area contributed by atoms with E-state index in [1.54, 1.807) is 6.20 Å². The lowest BCUT2D eigenvalue weighted by Crippen LogP contribution is -2.63. The van der Waals surface area contributed by atoms with Crippen LogP contribution in [0.25, 0.3) is 5.82 Å². The number of likely N-dealkylation sites (N-methyl/N-ethyl adjacent to an activating group) is 1. The van der Waals surface area contributed by atoms with Crippen molar-refractivity contribution in [3.05, 3.63) is 29.8 Å². The van der Waals surface area contributed by atoms with E-state index in [4.69, 9.17) is 9.72 Å². The van der Waals surface area contributed by atoms with Crippen LogP contribution in [0, 0.1) is 13.8 Å². The molecule has 7 heteroatoms. The first-order valence-corrected chi connectivity index (χ1v) is 9.05. The van der Waals surface area contributed by atoms with Gasteiger partial charge in [-0.1, -0.05) is 6.92 Å². The number of hydrogen-bond acceptors (Lipinski definition) is 6. The highest BCUT2D eigenvalue weighted by atomic mass is 16.5. The molecule has 1 atom stereocenters. The maximum atomic E-state index is 5.75. The van der Waals surface area contributed by atoms with E-state index in [2.05, 4.69) is 32.9 Å². The number of ether oxygens (including phenoxy) is 1. The van der Waals surface area contributed by atoms with Crippen molar-refractivity contribution in [3.63, 3.8) is 0 Å². The Morgan fingerprint density at radius 1 is 1.20 bits per heavy atom. The fraction of sp³-hybridized carbons (Fsp3) is 0.611. The van der Waals surface area contributed by atoms with Crippen molar-refractivity contribution >= 4 is 5.82 Å². The molecule has 25 heavy (non-hydrogen) atoms. The van der Waals surface area contributed by atoms with Gasteiger partial charge in [0.2, 0.25) is 0 Å². The minimum atomic E-state index is 0.114. The van der Waals surface area contributed by atoms with Crippen molar-refractivity contribution in [2.45, 2.75) is 32.7 Å². The molecule has 2 saturated heterocycles. The van der Waals surface area contributed by atoms with Crippen LogP contribution in [0.15, 0.2) is 18.5 Å². The van der Waals surface area contributed by atoms with Gasteiger partial charge >= 0.3 is 0 Å². The molecule has 0 aliphatic carbocycles. The topological polar surface area (TPSA) is 59.3 Å². The SMILES string of the molecule is CCN1CCN(c2cncc(-n3nc(C)cc3C)n2)CC12CCOC2. The van der Waals surface area contributed by atoms with Gasteiger partial charge in [0, 0.05) is 31.9 Å². The summed E-state index contributed by atoms with van der Waals surface area (Å²) in [6, 6.07) is 2.05. The van der Waals surface area contributed by atoms with E-state index < -0.39 is 0 Å². The Balaban J connectivity index is 1.62. The van der Waals surface area contributed by atoms with Crippen LogP contribution in [0.2, 0.25) is 0 Å². The van der Waals surface area contributed by atoms with Crippen molar-refractivity contribution in [1.82, 2.24) is 24.6 Å². The molecule has 4 rings (SSSR count). The van der Waals surface area contributed by atoms with Gasteiger partial charge in [-0.3, -0.25) is 9.88 Å². The first-order chi connectivity index (χ1) is 12.1. The largest absolute Gasteiger partial charge is 0.379 e. The summed E-state index contributed by atoms with van der Waals surface area (Å²) in [6.45, 7) is 11.9. The predicted molar refractivity (Wildman–Crippen MR) is 96.3 cm³/mol. The summed E-state index contributed by atoms with van der Waals surface area (Å²) in [4.78, 5) is 14.2. The zero-order valence-corrected chi connectivity index (χ0v) is 15.3. The molecule has 2 aliphatic heterocycles. The molecule has 0 N–H and O–H groups in total. The highest BCUT2D eigenvalue weighted by molar-refractivity contribution is 5.41. The second-order valence-electron chi connectivity index (χ2n) is 7.10. The van der Waals surface area contributed by atoms with Crippen LogP contribution in [-0.2, 0) is 4.74 Å². The van der Waals surface area contributed by atoms with Gasteiger partial charge in [-0.2, -0.15) is 5.10 Å². The summed E-state index contributed by atoms with van der Waals surface area (Å²) in [5, 5.41) is 4.53. The molecular formula is C18H26N6O. The summed E-state index contributed by atoms with van der Waals surface area (Å²) in [6.07, 6.45) is 4.72. The van der Waals surface area contributed by atoms with Crippen molar-refractivity contribution in [2.24, 2.45) is 0 Å². The van der Waals surface area contributed by atoms with Crippen LogP contribution in [-0.4, -0.2) is 69.6 Å². The summed E-state index contributed by atoms with van der Waals surface area (Å²) >= 11 is 0. The third-order valence-electron chi connectivity index (χ3n) is 5.42. The smallest absolute Gasteiger partial charge is 0.174 e. The fourth-order valence-electron chi connectivity index (χ4n) is 4.13. The Morgan fingerprint density at radius 3 is 2.72 bits per heavy atom. The fourth-order valence-corrected chi connectivity index (χ4v) is 4.13. The zero-order valence-electron chi connectivity index (χ0n) is 15.3. The molecule has 2 aromatic heterocycles. The van der Waals surface area contributed by atoms with E-state index in [-0.39, 0.29) is 5.54 Å².